The molecule has 0 bridgehead atoms. The molecule has 0 aliphatic carbocycles. The van der Waals surface area contributed by atoms with Crippen LogP contribution >= 0.6 is 15.9 Å². The zero-order chi connectivity index (χ0) is 15.7. The Balaban J connectivity index is 1.86. The van der Waals surface area contributed by atoms with Crippen LogP contribution in [0.3, 0.4) is 0 Å². The van der Waals surface area contributed by atoms with E-state index in [9.17, 15) is 4.79 Å². The second kappa shape index (κ2) is 6.35. The largest absolute Gasteiger partial charge is 0.301 e. The van der Waals surface area contributed by atoms with Gasteiger partial charge >= 0.3 is 0 Å². The molecule has 1 unspecified atom stereocenters. The summed E-state index contributed by atoms with van der Waals surface area (Å²) in [7, 11) is 0. The van der Waals surface area contributed by atoms with Gasteiger partial charge in [0.25, 0.3) is 0 Å². The molecule has 114 valence electrons. The molecule has 0 spiro atoms. The first-order chi connectivity index (χ1) is 10.6. The van der Waals surface area contributed by atoms with Crippen molar-refractivity contribution in [2.24, 2.45) is 0 Å². The topological polar surface area (TPSA) is 20.3 Å². The van der Waals surface area contributed by atoms with Crippen molar-refractivity contribution < 1.29 is 4.79 Å². The van der Waals surface area contributed by atoms with E-state index in [2.05, 4.69) is 71.1 Å². The third kappa shape index (κ3) is 2.88. The summed E-state index contributed by atoms with van der Waals surface area (Å²) in [5, 5.41) is 0. The standard InChI is InChI=1S/C19H20BrNO/c1-3-14-4-6-15(7-5-14)10-21-11-16-9-17(20)8-13(2)19(16)18(21)12-22/h4-9,12,18H,3,10-11H2,1-2H3. The number of nitrogens with zero attached hydrogens (tertiary/aromatic N) is 1. The minimum absolute atomic E-state index is 0.131. The fraction of sp³-hybridized carbons (Fsp3) is 0.316. The third-order valence-corrected chi connectivity index (χ3v) is 4.90. The van der Waals surface area contributed by atoms with E-state index in [4.69, 9.17) is 0 Å². The average Bonchev–Trinajstić information content (AvgIpc) is 2.85. The van der Waals surface area contributed by atoms with Gasteiger partial charge in [-0.05, 0) is 53.3 Å². The molecule has 2 aromatic carbocycles. The third-order valence-electron chi connectivity index (χ3n) is 4.45. The summed E-state index contributed by atoms with van der Waals surface area (Å²) in [4.78, 5) is 13.9. The number of fused-ring (bicyclic) bond motifs is 1. The lowest BCUT2D eigenvalue weighted by atomic mass is 10.00. The fourth-order valence-corrected chi connectivity index (χ4v) is 3.92. The zero-order valence-electron chi connectivity index (χ0n) is 13.0. The van der Waals surface area contributed by atoms with E-state index in [0.29, 0.717) is 0 Å². The molecular formula is C19H20BrNO. The summed E-state index contributed by atoms with van der Waals surface area (Å²) >= 11 is 3.55. The van der Waals surface area contributed by atoms with Gasteiger partial charge in [-0.15, -0.1) is 0 Å². The highest BCUT2D eigenvalue weighted by molar-refractivity contribution is 9.10. The van der Waals surface area contributed by atoms with Crippen molar-refractivity contribution >= 4 is 22.2 Å². The van der Waals surface area contributed by atoms with Crippen LogP contribution in [-0.2, 0) is 24.3 Å². The molecule has 0 fully saturated rings. The lowest BCUT2D eigenvalue weighted by molar-refractivity contribution is -0.112. The Kier molecular flexibility index (Phi) is 4.46. The maximum Gasteiger partial charge on any atom is 0.141 e. The Hall–Kier alpha value is -1.45. The van der Waals surface area contributed by atoms with Gasteiger partial charge in [-0.2, -0.15) is 0 Å². The minimum Gasteiger partial charge on any atom is -0.301 e. The quantitative estimate of drug-likeness (QED) is 0.746. The number of hydrogen-bond donors (Lipinski definition) is 0. The molecule has 1 heterocycles. The van der Waals surface area contributed by atoms with Crippen LogP contribution in [0.4, 0.5) is 0 Å². The van der Waals surface area contributed by atoms with Crippen molar-refractivity contribution in [2.75, 3.05) is 0 Å². The van der Waals surface area contributed by atoms with Crippen molar-refractivity contribution in [1.29, 1.82) is 0 Å². The van der Waals surface area contributed by atoms with Crippen LogP contribution in [0, 0.1) is 6.92 Å². The van der Waals surface area contributed by atoms with E-state index >= 15 is 0 Å². The van der Waals surface area contributed by atoms with Crippen molar-refractivity contribution in [3.8, 4) is 0 Å². The second-order valence-electron chi connectivity index (χ2n) is 5.95. The molecule has 0 N–H and O–H groups in total. The van der Waals surface area contributed by atoms with Crippen molar-refractivity contribution in [2.45, 2.75) is 39.4 Å². The zero-order valence-corrected chi connectivity index (χ0v) is 14.6. The molecule has 1 aliphatic heterocycles. The monoisotopic (exact) mass is 357 g/mol. The first kappa shape index (κ1) is 15.4. The summed E-state index contributed by atoms with van der Waals surface area (Å²) in [5.74, 6) is 0. The average molecular weight is 358 g/mol. The van der Waals surface area contributed by atoms with Gasteiger partial charge in [0.2, 0.25) is 0 Å². The molecule has 3 heteroatoms. The molecule has 0 saturated heterocycles. The van der Waals surface area contributed by atoms with Gasteiger partial charge in [-0.3, -0.25) is 4.90 Å². The summed E-state index contributed by atoms with van der Waals surface area (Å²) in [6, 6.07) is 12.8. The molecule has 0 radical (unpaired) electrons. The van der Waals surface area contributed by atoms with Crippen LogP contribution in [0.2, 0.25) is 0 Å². The number of hydrogen-bond acceptors (Lipinski definition) is 2. The second-order valence-corrected chi connectivity index (χ2v) is 6.87. The molecule has 1 aliphatic rings. The molecule has 1 atom stereocenters. The highest BCUT2D eigenvalue weighted by Gasteiger charge is 2.31. The fourth-order valence-electron chi connectivity index (χ4n) is 3.30. The van der Waals surface area contributed by atoms with E-state index < -0.39 is 0 Å². The van der Waals surface area contributed by atoms with Crippen LogP contribution < -0.4 is 0 Å². The van der Waals surface area contributed by atoms with Gasteiger partial charge in [0.15, 0.2) is 0 Å². The maximum absolute atomic E-state index is 11.7. The molecule has 0 saturated carbocycles. The van der Waals surface area contributed by atoms with Crippen molar-refractivity contribution in [3.05, 3.63) is 68.7 Å². The normalized spacial score (nSPS) is 17.5. The Morgan fingerprint density at radius 1 is 1.23 bits per heavy atom. The van der Waals surface area contributed by atoms with Gasteiger partial charge in [-0.1, -0.05) is 47.1 Å². The van der Waals surface area contributed by atoms with Crippen molar-refractivity contribution in [3.63, 3.8) is 0 Å². The number of benzene rings is 2. The number of aryl methyl sites for hydroxylation is 2. The van der Waals surface area contributed by atoms with E-state index in [-0.39, 0.29) is 6.04 Å². The van der Waals surface area contributed by atoms with E-state index in [0.717, 1.165) is 30.3 Å². The van der Waals surface area contributed by atoms with Crippen LogP contribution in [0.25, 0.3) is 0 Å². The highest BCUT2D eigenvalue weighted by atomic mass is 79.9. The molecule has 22 heavy (non-hydrogen) atoms. The lowest BCUT2D eigenvalue weighted by Gasteiger charge is -2.21. The Morgan fingerprint density at radius 3 is 2.55 bits per heavy atom. The predicted octanol–water partition coefficient (Wildman–Crippen LogP) is 4.58. The maximum atomic E-state index is 11.7. The van der Waals surface area contributed by atoms with Crippen LogP contribution in [-0.4, -0.2) is 11.2 Å². The van der Waals surface area contributed by atoms with Crippen LogP contribution in [0.5, 0.6) is 0 Å². The molecule has 2 aromatic rings. The Labute approximate surface area is 140 Å². The van der Waals surface area contributed by atoms with Gasteiger partial charge < -0.3 is 4.79 Å². The molecular weight excluding hydrogens is 338 g/mol. The van der Waals surface area contributed by atoms with E-state index in [1.807, 2.05) is 0 Å². The van der Waals surface area contributed by atoms with Crippen LogP contribution in [0.15, 0.2) is 40.9 Å². The highest BCUT2D eigenvalue weighted by Crippen LogP contribution is 2.37. The summed E-state index contributed by atoms with van der Waals surface area (Å²) in [6.45, 7) is 5.88. The molecule has 2 nitrogen and oxygen atoms in total. The molecule has 3 rings (SSSR count). The number of carbonyl (C=O) groups is 1. The first-order valence-electron chi connectivity index (χ1n) is 7.68. The number of halogens is 1. The SMILES string of the molecule is CCc1ccc(CN2Cc3cc(Br)cc(C)c3C2C=O)cc1. The Bertz CT molecular complexity index is 693. The Morgan fingerprint density at radius 2 is 1.91 bits per heavy atom. The number of carbonyl (C=O) groups excluding carboxylic acids is 1. The summed E-state index contributed by atoms with van der Waals surface area (Å²) < 4.78 is 1.09. The van der Waals surface area contributed by atoms with Gasteiger partial charge in [0.1, 0.15) is 6.29 Å². The summed E-state index contributed by atoms with van der Waals surface area (Å²) in [6.07, 6.45) is 2.13. The first-order valence-corrected chi connectivity index (χ1v) is 8.47. The minimum atomic E-state index is -0.131. The van der Waals surface area contributed by atoms with Crippen molar-refractivity contribution in [1.82, 2.24) is 4.90 Å². The van der Waals surface area contributed by atoms with E-state index in [1.165, 1.54) is 27.8 Å². The predicted molar refractivity (Wildman–Crippen MR) is 92.8 cm³/mol. The lowest BCUT2D eigenvalue weighted by Crippen LogP contribution is -2.22. The van der Waals surface area contributed by atoms with Gasteiger partial charge in [0.05, 0.1) is 6.04 Å². The van der Waals surface area contributed by atoms with Gasteiger partial charge in [0, 0.05) is 17.6 Å². The van der Waals surface area contributed by atoms with Crippen LogP contribution in [0.1, 0.15) is 40.8 Å². The smallest absolute Gasteiger partial charge is 0.141 e. The molecule has 0 amide bonds. The number of aldehydes is 1. The summed E-state index contributed by atoms with van der Waals surface area (Å²) in [5.41, 5.74) is 6.23. The number of rotatable bonds is 4. The van der Waals surface area contributed by atoms with E-state index in [1.54, 1.807) is 0 Å². The molecule has 0 aromatic heterocycles. The van der Waals surface area contributed by atoms with Gasteiger partial charge in [-0.25, -0.2) is 0 Å².